The fraction of sp³-hybridized carbons (Fsp3) is 0.429. The normalized spacial score (nSPS) is 13.9. The summed E-state index contributed by atoms with van der Waals surface area (Å²) in [6.45, 7) is 3.22. The van der Waals surface area contributed by atoms with E-state index in [1.165, 1.54) is 6.92 Å². The molecule has 4 heteroatoms. The summed E-state index contributed by atoms with van der Waals surface area (Å²) >= 11 is 0. The summed E-state index contributed by atoms with van der Waals surface area (Å²) in [7, 11) is 0. The van der Waals surface area contributed by atoms with E-state index in [1.54, 1.807) is 24.3 Å². The first-order chi connectivity index (χ1) is 8.47. The second-order valence-electron chi connectivity index (χ2n) is 4.36. The molecule has 0 saturated heterocycles. The quantitative estimate of drug-likeness (QED) is 0.812. The lowest BCUT2D eigenvalue weighted by Gasteiger charge is -2.14. The van der Waals surface area contributed by atoms with Crippen molar-refractivity contribution in [1.29, 1.82) is 0 Å². The molecule has 1 aromatic rings. The standard InChI is InChI=1S/C14H18O4/c1-3-5-12(14(17)18)10-6-4-7-11(8-10)13(16)9(2)15/h4,6-8,12-13,16H,3,5H2,1-2H3,(H,17,18). The third-order valence-corrected chi connectivity index (χ3v) is 2.89. The highest BCUT2D eigenvalue weighted by Gasteiger charge is 2.20. The van der Waals surface area contributed by atoms with E-state index in [-0.39, 0.29) is 5.78 Å². The molecule has 0 aliphatic carbocycles. The van der Waals surface area contributed by atoms with Crippen molar-refractivity contribution in [1.82, 2.24) is 0 Å². The summed E-state index contributed by atoms with van der Waals surface area (Å²) in [6, 6.07) is 6.61. The van der Waals surface area contributed by atoms with E-state index in [4.69, 9.17) is 5.11 Å². The van der Waals surface area contributed by atoms with E-state index >= 15 is 0 Å². The third kappa shape index (κ3) is 3.40. The lowest BCUT2D eigenvalue weighted by Crippen LogP contribution is -2.13. The number of carbonyl (C=O) groups excluding carboxylic acids is 1. The first-order valence-electron chi connectivity index (χ1n) is 5.98. The number of hydrogen-bond donors (Lipinski definition) is 2. The minimum absolute atomic E-state index is 0.352. The molecule has 1 rings (SSSR count). The lowest BCUT2D eigenvalue weighted by atomic mass is 9.92. The molecule has 0 spiro atoms. The molecule has 4 nitrogen and oxygen atoms in total. The van der Waals surface area contributed by atoms with Gasteiger partial charge in [0, 0.05) is 0 Å². The largest absolute Gasteiger partial charge is 0.481 e. The summed E-state index contributed by atoms with van der Waals surface area (Å²) in [5.41, 5.74) is 1.07. The zero-order valence-corrected chi connectivity index (χ0v) is 10.6. The van der Waals surface area contributed by atoms with Crippen LogP contribution in [0.5, 0.6) is 0 Å². The van der Waals surface area contributed by atoms with Gasteiger partial charge in [0.1, 0.15) is 6.10 Å². The van der Waals surface area contributed by atoms with E-state index in [2.05, 4.69) is 0 Å². The first kappa shape index (κ1) is 14.4. The van der Waals surface area contributed by atoms with Crippen LogP contribution in [0.25, 0.3) is 0 Å². The van der Waals surface area contributed by atoms with E-state index in [1.807, 2.05) is 6.92 Å². The Labute approximate surface area is 106 Å². The molecule has 0 amide bonds. The Kier molecular flexibility index (Phi) is 5.04. The van der Waals surface area contributed by atoms with Crippen molar-refractivity contribution in [2.24, 2.45) is 0 Å². The summed E-state index contributed by atoms with van der Waals surface area (Å²) in [5, 5.41) is 18.8. The van der Waals surface area contributed by atoms with Gasteiger partial charge in [0.15, 0.2) is 5.78 Å². The number of carboxylic acids is 1. The van der Waals surface area contributed by atoms with Crippen LogP contribution in [0, 0.1) is 0 Å². The van der Waals surface area contributed by atoms with Gasteiger partial charge in [0.25, 0.3) is 0 Å². The van der Waals surface area contributed by atoms with Crippen LogP contribution in [0.4, 0.5) is 0 Å². The number of hydrogen-bond acceptors (Lipinski definition) is 3. The van der Waals surface area contributed by atoms with E-state index in [0.717, 1.165) is 6.42 Å². The second-order valence-corrected chi connectivity index (χ2v) is 4.36. The Hall–Kier alpha value is -1.68. The van der Waals surface area contributed by atoms with Crippen molar-refractivity contribution in [2.45, 2.75) is 38.7 Å². The Balaban J connectivity index is 3.06. The van der Waals surface area contributed by atoms with Gasteiger partial charge in [0.05, 0.1) is 5.92 Å². The highest BCUT2D eigenvalue weighted by molar-refractivity contribution is 5.82. The number of aliphatic hydroxyl groups excluding tert-OH is 1. The molecule has 0 saturated carbocycles. The molecule has 98 valence electrons. The Morgan fingerprint density at radius 1 is 1.28 bits per heavy atom. The fourth-order valence-electron chi connectivity index (χ4n) is 1.90. The van der Waals surface area contributed by atoms with Crippen molar-refractivity contribution >= 4 is 11.8 Å². The molecule has 0 aliphatic rings. The SMILES string of the molecule is CCCC(C(=O)O)c1cccc(C(O)C(C)=O)c1. The number of carboxylic acid groups (broad SMARTS) is 1. The first-order valence-corrected chi connectivity index (χ1v) is 5.98. The maximum absolute atomic E-state index is 11.2. The Morgan fingerprint density at radius 2 is 1.89 bits per heavy atom. The van der Waals surface area contributed by atoms with E-state index in [9.17, 15) is 14.7 Å². The van der Waals surface area contributed by atoms with Crippen LogP contribution in [-0.4, -0.2) is 22.0 Å². The molecule has 2 unspecified atom stereocenters. The molecule has 0 fully saturated rings. The maximum Gasteiger partial charge on any atom is 0.310 e. The Morgan fingerprint density at radius 3 is 2.39 bits per heavy atom. The smallest absolute Gasteiger partial charge is 0.310 e. The summed E-state index contributed by atoms with van der Waals surface area (Å²) < 4.78 is 0. The summed E-state index contributed by atoms with van der Waals surface area (Å²) in [6.07, 6.45) is 0.117. The minimum atomic E-state index is -1.18. The van der Waals surface area contributed by atoms with E-state index in [0.29, 0.717) is 17.5 Å². The highest BCUT2D eigenvalue weighted by atomic mass is 16.4. The molecule has 0 heterocycles. The molecule has 0 bridgehead atoms. The number of Topliss-reactive ketones (excluding diaryl/α,β-unsaturated/α-hetero) is 1. The summed E-state index contributed by atoms with van der Waals surface area (Å²) in [5.74, 6) is -1.82. The molecular weight excluding hydrogens is 232 g/mol. The van der Waals surface area contributed by atoms with Gasteiger partial charge < -0.3 is 10.2 Å². The molecule has 0 radical (unpaired) electrons. The monoisotopic (exact) mass is 250 g/mol. The molecular formula is C14H18O4. The van der Waals surface area contributed by atoms with Crippen LogP contribution in [0.3, 0.4) is 0 Å². The van der Waals surface area contributed by atoms with Crippen molar-refractivity contribution < 1.29 is 19.8 Å². The summed E-state index contributed by atoms with van der Waals surface area (Å²) in [4.78, 5) is 22.3. The molecule has 2 N–H and O–H groups in total. The Bertz CT molecular complexity index is 439. The van der Waals surface area contributed by atoms with Gasteiger partial charge in [-0.15, -0.1) is 0 Å². The lowest BCUT2D eigenvalue weighted by molar-refractivity contribution is -0.139. The van der Waals surface area contributed by atoms with Crippen LogP contribution < -0.4 is 0 Å². The van der Waals surface area contributed by atoms with Crippen LogP contribution in [0.1, 0.15) is 49.8 Å². The number of rotatable bonds is 6. The van der Waals surface area contributed by atoms with Gasteiger partial charge in [0.2, 0.25) is 0 Å². The van der Waals surface area contributed by atoms with Crippen molar-refractivity contribution in [2.75, 3.05) is 0 Å². The van der Waals surface area contributed by atoms with Gasteiger partial charge in [-0.05, 0) is 24.5 Å². The average molecular weight is 250 g/mol. The van der Waals surface area contributed by atoms with E-state index < -0.39 is 18.0 Å². The molecule has 18 heavy (non-hydrogen) atoms. The number of aliphatic hydroxyl groups is 1. The second kappa shape index (κ2) is 6.31. The molecule has 0 aromatic heterocycles. The average Bonchev–Trinajstić information content (AvgIpc) is 2.34. The van der Waals surface area contributed by atoms with Crippen LogP contribution in [0.15, 0.2) is 24.3 Å². The van der Waals surface area contributed by atoms with Crippen molar-refractivity contribution in [3.8, 4) is 0 Å². The maximum atomic E-state index is 11.2. The third-order valence-electron chi connectivity index (χ3n) is 2.89. The molecule has 2 atom stereocenters. The van der Waals surface area contributed by atoms with Gasteiger partial charge in [-0.25, -0.2) is 0 Å². The molecule has 1 aromatic carbocycles. The number of carbonyl (C=O) groups is 2. The predicted molar refractivity (Wildman–Crippen MR) is 67.4 cm³/mol. The molecule has 0 aliphatic heterocycles. The zero-order chi connectivity index (χ0) is 13.7. The van der Waals surface area contributed by atoms with Gasteiger partial charge in [-0.3, -0.25) is 9.59 Å². The zero-order valence-electron chi connectivity index (χ0n) is 10.6. The van der Waals surface area contributed by atoms with Gasteiger partial charge >= 0.3 is 5.97 Å². The highest BCUT2D eigenvalue weighted by Crippen LogP contribution is 2.25. The van der Waals surface area contributed by atoms with Crippen LogP contribution in [-0.2, 0) is 9.59 Å². The number of ketones is 1. The topological polar surface area (TPSA) is 74.6 Å². The van der Waals surface area contributed by atoms with Crippen molar-refractivity contribution in [3.05, 3.63) is 35.4 Å². The van der Waals surface area contributed by atoms with Gasteiger partial charge in [-0.2, -0.15) is 0 Å². The fourth-order valence-corrected chi connectivity index (χ4v) is 1.90. The predicted octanol–water partition coefficient (Wildman–Crippen LogP) is 2.28. The van der Waals surface area contributed by atoms with Crippen molar-refractivity contribution in [3.63, 3.8) is 0 Å². The van der Waals surface area contributed by atoms with Crippen LogP contribution in [0.2, 0.25) is 0 Å². The van der Waals surface area contributed by atoms with Crippen LogP contribution >= 0.6 is 0 Å². The number of aliphatic carboxylic acids is 1. The minimum Gasteiger partial charge on any atom is -0.481 e. The number of benzene rings is 1. The van der Waals surface area contributed by atoms with Gasteiger partial charge in [-0.1, -0.05) is 37.6 Å².